The summed E-state index contributed by atoms with van der Waals surface area (Å²) >= 11 is 0. The average molecular weight is 452 g/mol. The third kappa shape index (κ3) is 3.19. The van der Waals surface area contributed by atoms with Gasteiger partial charge in [0.2, 0.25) is 11.8 Å². The molecule has 5 unspecified atom stereocenters. The normalized spacial score (nSPS) is 29.2. The number of rotatable bonds is 5. The van der Waals surface area contributed by atoms with Crippen LogP contribution in [0.3, 0.4) is 0 Å². The largest absolute Gasteiger partial charge is 0.486 e. The molecule has 0 aromatic heterocycles. The van der Waals surface area contributed by atoms with Crippen molar-refractivity contribution in [1.82, 2.24) is 10.2 Å². The second kappa shape index (κ2) is 7.86. The van der Waals surface area contributed by atoms with Crippen molar-refractivity contribution >= 4 is 17.8 Å². The van der Waals surface area contributed by atoms with Crippen LogP contribution in [0.1, 0.15) is 24.1 Å². The summed E-state index contributed by atoms with van der Waals surface area (Å²) in [5, 5.41) is 23.7. The number of nitrogens with one attached hydrogen (secondary N) is 1. The van der Waals surface area contributed by atoms with Gasteiger partial charge in [0.1, 0.15) is 13.2 Å². The monoisotopic (exact) mass is 452 g/mol. The molecule has 2 aromatic carbocycles. The lowest BCUT2D eigenvalue weighted by atomic mass is 9.76. The molecular weight excluding hydrogens is 428 g/mol. The lowest BCUT2D eigenvalue weighted by molar-refractivity contribution is -0.157. The molecule has 2 aromatic rings. The van der Waals surface area contributed by atoms with Crippen LogP contribution >= 0.6 is 0 Å². The SMILES string of the molecule is CC(O)C1(C(=O)O)NC(c2ccc3c(c2)OCCO3)C2C(=O)N(Cc3ccccc3)C(=O)C21. The molecule has 5 atom stereocenters. The van der Waals surface area contributed by atoms with Crippen molar-refractivity contribution in [1.29, 1.82) is 0 Å². The number of carbonyl (C=O) groups is 3. The zero-order valence-corrected chi connectivity index (χ0v) is 17.9. The van der Waals surface area contributed by atoms with Gasteiger partial charge in [-0.1, -0.05) is 36.4 Å². The smallest absolute Gasteiger partial charge is 0.327 e. The lowest BCUT2D eigenvalue weighted by Crippen LogP contribution is -2.62. The van der Waals surface area contributed by atoms with E-state index in [4.69, 9.17) is 9.47 Å². The van der Waals surface area contributed by atoms with Crippen molar-refractivity contribution in [2.75, 3.05) is 13.2 Å². The van der Waals surface area contributed by atoms with Gasteiger partial charge < -0.3 is 19.7 Å². The molecule has 0 saturated carbocycles. The summed E-state index contributed by atoms with van der Waals surface area (Å²) in [7, 11) is 0. The summed E-state index contributed by atoms with van der Waals surface area (Å²) < 4.78 is 11.2. The number of imide groups is 1. The molecule has 0 aliphatic carbocycles. The second-order valence-corrected chi connectivity index (χ2v) is 8.63. The number of amides is 2. The number of aliphatic carboxylic acids is 1. The van der Waals surface area contributed by atoms with E-state index in [-0.39, 0.29) is 6.54 Å². The number of nitrogens with zero attached hydrogens (tertiary/aromatic N) is 1. The van der Waals surface area contributed by atoms with Crippen LogP contribution in [-0.4, -0.2) is 57.8 Å². The molecule has 0 radical (unpaired) electrons. The molecule has 3 aliphatic rings. The van der Waals surface area contributed by atoms with E-state index in [0.717, 1.165) is 10.5 Å². The number of ether oxygens (including phenoxy) is 2. The molecule has 3 aliphatic heterocycles. The summed E-state index contributed by atoms with van der Waals surface area (Å²) in [4.78, 5) is 40.6. The van der Waals surface area contributed by atoms with Crippen molar-refractivity contribution < 1.29 is 34.1 Å². The Morgan fingerprint density at radius 3 is 2.48 bits per heavy atom. The van der Waals surface area contributed by atoms with Crippen LogP contribution in [0.25, 0.3) is 0 Å². The Hall–Kier alpha value is -3.43. The number of hydrogen-bond acceptors (Lipinski definition) is 7. The Kier molecular flexibility index (Phi) is 5.10. The van der Waals surface area contributed by atoms with E-state index >= 15 is 0 Å². The lowest BCUT2D eigenvalue weighted by Gasteiger charge is -2.33. The molecule has 33 heavy (non-hydrogen) atoms. The van der Waals surface area contributed by atoms with E-state index in [1.807, 2.05) is 6.07 Å². The van der Waals surface area contributed by atoms with Crippen molar-refractivity contribution in [3.05, 3.63) is 59.7 Å². The average Bonchev–Trinajstić information content (AvgIpc) is 3.30. The van der Waals surface area contributed by atoms with Gasteiger partial charge in [0.25, 0.3) is 0 Å². The predicted molar refractivity (Wildman–Crippen MR) is 114 cm³/mol. The molecule has 9 heteroatoms. The standard InChI is InChI=1S/C24H24N2O7/c1-13(27)24(23(30)31)19-18(21(28)26(22(19)29)12-14-5-3-2-4-6-14)20(25-24)15-7-8-16-17(11-15)33-10-9-32-16/h2-8,11,13,18-20,25,27H,9-10,12H2,1H3,(H,30,31). The number of fused-ring (bicyclic) bond motifs is 2. The molecule has 2 fully saturated rings. The van der Waals surface area contributed by atoms with Crippen LogP contribution in [0.15, 0.2) is 48.5 Å². The van der Waals surface area contributed by atoms with E-state index in [2.05, 4.69) is 5.32 Å². The maximum atomic E-state index is 13.5. The summed E-state index contributed by atoms with van der Waals surface area (Å²) in [5.41, 5.74) is -0.678. The highest BCUT2D eigenvalue weighted by molar-refractivity contribution is 6.09. The minimum Gasteiger partial charge on any atom is -0.486 e. The Bertz CT molecular complexity index is 1120. The van der Waals surface area contributed by atoms with Crippen molar-refractivity contribution in [3.8, 4) is 11.5 Å². The molecule has 5 rings (SSSR count). The van der Waals surface area contributed by atoms with E-state index < -0.39 is 47.3 Å². The summed E-state index contributed by atoms with van der Waals surface area (Å²) in [6, 6.07) is 13.3. The fourth-order valence-corrected chi connectivity index (χ4v) is 5.22. The highest BCUT2D eigenvalue weighted by Crippen LogP contribution is 2.51. The maximum Gasteiger partial charge on any atom is 0.327 e. The first-order chi connectivity index (χ1) is 15.8. The van der Waals surface area contributed by atoms with Crippen molar-refractivity contribution in [2.45, 2.75) is 31.2 Å². The molecule has 9 nitrogen and oxygen atoms in total. The summed E-state index contributed by atoms with van der Waals surface area (Å²) in [5.74, 6) is -3.66. The zero-order valence-electron chi connectivity index (χ0n) is 17.9. The predicted octanol–water partition coefficient (Wildman–Crippen LogP) is 1.11. The van der Waals surface area contributed by atoms with Crippen LogP contribution in [0.5, 0.6) is 11.5 Å². The van der Waals surface area contributed by atoms with Crippen molar-refractivity contribution in [2.24, 2.45) is 11.8 Å². The van der Waals surface area contributed by atoms with Gasteiger partial charge in [0.15, 0.2) is 17.0 Å². The van der Waals surface area contributed by atoms with Gasteiger partial charge in [-0.2, -0.15) is 0 Å². The van der Waals surface area contributed by atoms with E-state index in [9.17, 15) is 24.6 Å². The number of likely N-dealkylation sites (tertiary alicyclic amines) is 1. The quantitative estimate of drug-likeness (QED) is 0.576. The molecule has 0 bridgehead atoms. The molecule has 3 N–H and O–H groups in total. The van der Waals surface area contributed by atoms with Crippen molar-refractivity contribution in [3.63, 3.8) is 0 Å². The number of carboxylic acids is 1. The Morgan fingerprint density at radius 2 is 1.82 bits per heavy atom. The van der Waals surface area contributed by atoms with Crippen LogP contribution in [0.4, 0.5) is 0 Å². The summed E-state index contributed by atoms with van der Waals surface area (Å²) in [6.45, 7) is 2.15. The van der Waals surface area contributed by atoms with Gasteiger partial charge in [-0.15, -0.1) is 0 Å². The first-order valence-corrected chi connectivity index (χ1v) is 10.8. The number of hydrogen-bond donors (Lipinski definition) is 3. The van der Waals surface area contributed by atoms with Crippen LogP contribution in [0, 0.1) is 11.8 Å². The number of aliphatic hydroxyl groups is 1. The van der Waals surface area contributed by atoms with Gasteiger partial charge in [-0.3, -0.25) is 24.6 Å². The molecule has 3 heterocycles. The molecule has 172 valence electrons. The minimum atomic E-state index is -2.01. The highest BCUT2D eigenvalue weighted by atomic mass is 16.6. The zero-order chi connectivity index (χ0) is 23.3. The first-order valence-electron chi connectivity index (χ1n) is 10.8. The van der Waals surface area contributed by atoms with E-state index in [1.54, 1.807) is 42.5 Å². The van der Waals surface area contributed by atoms with Crippen LogP contribution in [-0.2, 0) is 20.9 Å². The Labute approximate surface area is 189 Å². The third-order valence-corrected chi connectivity index (χ3v) is 6.81. The fraction of sp³-hybridized carbons (Fsp3) is 0.375. The molecule has 0 spiro atoms. The van der Waals surface area contributed by atoms with Crippen LogP contribution < -0.4 is 14.8 Å². The number of carbonyl (C=O) groups excluding carboxylic acids is 2. The minimum absolute atomic E-state index is 0.0366. The second-order valence-electron chi connectivity index (χ2n) is 8.63. The van der Waals surface area contributed by atoms with E-state index in [1.165, 1.54) is 6.92 Å². The van der Waals surface area contributed by atoms with Gasteiger partial charge in [0, 0.05) is 6.04 Å². The fourth-order valence-electron chi connectivity index (χ4n) is 5.22. The maximum absolute atomic E-state index is 13.5. The summed E-state index contributed by atoms with van der Waals surface area (Å²) in [6.07, 6.45) is -1.43. The molecular formula is C24H24N2O7. The Balaban J connectivity index is 1.58. The van der Waals surface area contributed by atoms with Crippen LogP contribution in [0.2, 0.25) is 0 Å². The van der Waals surface area contributed by atoms with Gasteiger partial charge in [-0.25, -0.2) is 0 Å². The Morgan fingerprint density at radius 1 is 1.12 bits per heavy atom. The van der Waals surface area contributed by atoms with Gasteiger partial charge in [-0.05, 0) is 30.2 Å². The number of benzene rings is 2. The number of aliphatic hydroxyl groups excluding tert-OH is 1. The number of carboxylic acid groups (broad SMARTS) is 1. The third-order valence-electron chi connectivity index (χ3n) is 6.81. The van der Waals surface area contributed by atoms with E-state index in [0.29, 0.717) is 30.3 Å². The van der Waals surface area contributed by atoms with Gasteiger partial charge in [0.05, 0.1) is 24.5 Å². The first kappa shape index (κ1) is 21.4. The van der Waals surface area contributed by atoms with Gasteiger partial charge >= 0.3 is 5.97 Å². The molecule has 2 saturated heterocycles. The molecule has 2 amide bonds. The highest BCUT2D eigenvalue weighted by Gasteiger charge is 2.70. The topological polar surface area (TPSA) is 125 Å².